The number of benzene rings is 2. The molecule has 2 rings (SSSR count). The van der Waals surface area contributed by atoms with Crippen LogP contribution in [-0.2, 0) is 4.74 Å². The molecule has 0 unspecified atom stereocenters. The predicted molar refractivity (Wildman–Crippen MR) is 139 cm³/mol. The number of aliphatic hydroxyl groups excluding tert-OH is 1. The molecule has 0 aliphatic rings. The summed E-state index contributed by atoms with van der Waals surface area (Å²) in [5.41, 5.74) is 0. The molecule has 0 aliphatic carbocycles. The summed E-state index contributed by atoms with van der Waals surface area (Å²) in [6.07, 6.45) is 1.47. The smallest absolute Gasteiger partial charge is 0.0351 e. The summed E-state index contributed by atoms with van der Waals surface area (Å²) in [4.78, 5) is 0. The Morgan fingerprint density at radius 2 is 0.778 bits per heavy atom. The molecule has 27 heavy (non-hydrogen) atoms. The molecule has 162 valence electrons. The van der Waals surface area contributed by atoms with E-state index in [1.54, 1.807) is 14.2 Å². The fourth-order valence-corrected chi connectivity index (χ4v) is 1.44. The molecule has 2 aromatic carbocycles. The fourth-order valence-electron chi connectivity index (χ4n) is 0.829. The van der Waals surface area contributed by atoms with Gasteiger partial charge in [0, 0.05) is 36.7 Å². The number of hydrogen-bond donors (Lipinski definition) is 1. The molecule has 0 radical (unpaired) electrons. The summed E-state index contributed by atoms with van der Waals surface area (Å²) in [5.74, 6) is 1.81. The SMILES string of the molecule is Brc1ccccc1.Brc1ccccc1.CBr.CC.CC.CCl.CO.COC. The van der Waals surface area contributed by atoms with Gasteiger partial charge in [-0.25, -0.2) is 0 Å². The van der Waals surface area contributed by atoms with Gasteiger partial charge < -0.3 is 9.84 Å². The molecule has 0 bridgehead atoms. The lowest BCUT2D eigenvalue weighted by atomic mass is 10.4. The van der Waals surface area contributed by atoms with E-state index >= 15 is 0 Å². The van der Waals surface area contributed by atoms with Crippen molar-refractivity contribution < 1.29 is 9.84 Å². The normalized spacial score (nSPS) is 6.30. The van der Waals surface area contributed by atoms with Crippen molar-refractivity contribution in [1.82, 2.24) is 0 Å². The molecule has 2 nitrogen and oxygen atoms in total. The van der Waals surface area contributed by atoms with Crippen molar-refractivity contribution in [3.8, 4) is 0 Å². The van der Waals surface area contributed by atoms with E-state index in [0.717, 1.165) is 16.1 Å². The van der Waals surface area contributed by atoms with E-state index < -0.39 is 0 Å². The zero-order valence-electron chi connectivity index (χ0n) is 18.1. The molecular weight excluding hydrogens is 559 g/mol. The molecule has 0 fully saturated rings. The van der Waals surface area contributed by atoms with Crippen LogP contribution in [-0.4, -0.2) is 38.7 Å². The summed E-state index contributed by atoms with van der Waals surface area (Å²) < 4.78 is 6.52. The first-order valence-corrected chi connectivity index (χ1v) is 12.1. The van der Waals surface area contributed by atoms with Gasteiger partial charge in [-0.2, -0.15) is 0 Å². The van der Waals surface area contributed by atoms with E-state index in [1.807, 2.05) is 94.2 Å². The number of alkyl halides is 2. The zero-order valence-corrected chi connectivity index (χ0v) is 23.7. The number of methoxy groups -OCH3 is 1. The average Bonchev–Trinajstić information content (AvgIpc) is 2.77. The molecule has 2 aromatic rings. The van der Waals surface area contributed by atoms with Crippen LogP contribution in [0, 0.1) is 0 Å². The molecule has 6 heteroatoms. The summed E-state index contributed by atoms with van der Waals surface area (Å²) in [5, 5.41) is 7.00. The number of halogens is 4. The minimum atomic E-state index is 1.00. The van der Waals surface area contributed by atoms with Crippen molar-refractivity contribution >= 4 is 59.4 Å². The molecular formula is C21H38Br3ClO2. The molecule has 0 aliphatic heterocycles. The van der Waals surface area contributed by atoms with Gasteiger partial charge in [-0.05, 0) is 30.1 Å². The number of rotatable bonds is 0. The third kappa shape index (κ3) is 58.5. The van der Waals surface area contributed by atoms with Gasteiger partial charge >= 0.3 is 0 Å². The Balaban J connectivity index is -0.0000000516. The Bertz CT molecular complexity index is 340. The van der Waals surface area contributed by atoms with Gasteiger partial charge in [0.25, 0.3) is 0 Å². The van der Waals surface area contributed by atoms with Crippen molar-refractivity contribution in [3.05, 3.63) is 69.6 Å². The number of hydrogen-bond acceptors (Lipinski definition) is 2. The lowest BCUT2D eigenvalue weighted by Gasteiger charge is -1.80. The van der Waals surface area contributed by atoms with Gasteiger partial charge in [0.05, 0.1) is 0 Å². The van der Waals surface area contributed by atoms with Crippen molar-refractivity contribution in [2.75, 3.05) is 33.5 Å². The highest BCUT2D eigenvalue weighted by Crippen LogP contribution is 2.05. The standard InChI is InChI=1S/2C6H5Br.C2H6O.2C2H6.CH3Br.CH3Cl.CH4O/c2*7-6-4-2-1-3-5-6;1-3-2;5*1-2/h2*1-5H;1-2H3;2*1-2H3;2*1H3;2H,1H3. The average molecular weight is 598 g/mol. The van der Waals surface area contributed by atoms with Crippen molar-refractivity contribution in [2.24, 2.45) is 0 Å². The molecule has 0 saturated heterocycles. The van der Waals surface area contributed by atoms with Crippen molar-refractivity contribution in [1.29, 1.82) is 0 Å². The molecule has 0 heterocycles. The first kappa shape index (κ1) is 41.5. The highest BCUT2D eigenvalue weighted by Gasteiger charge is 1.75. The van der Waals surface area contributed by atoms with Crippen LogP contribution in [0.2, 0.25) is 0 Å². The van der Waals surface area contributed by atoms with Crippen LogP contribution < -0.4 is 0 Å². The molecule has 0 aromatic heterocycles. The van der Waals surface area contributed by atoms with Crippen LogP contribution in [0.15, 0.2) is 69.6 Å². The van der Waals surface area contributed by atoms with Crippen molar-refractivity contribution in [3.63, 3.8) is 0 Å². The van der Waals surface area contributed by atoms with E-state index in [2.05, 4.69) is 64.1 Å². The lowest BCUT2D eigenvalue weighted by molar-refractivity contribution is 0.277. The third-order valence-electron chi connectivity index (χ3n) is 1.47. The minimum Gasteiger partial charge on any atom is -0.400 e. The second kappa shape index (κ2) is 56.2. The Labute approximate surface area is 199 Å². The lowest BCUT2D eigenvalue weighted by Crippen LogP contribution is -1.55. The summed E-state index contributed by atoms with van der Waals surface area (Å²) in [7, 11) is 4.25. The second-order valence-corrected chi connectivity index (χ2v) is 4.83. The second-order valence-electron chi connectivity index (χ2n) is 3.00. The van der Waals surface area contributed by atoms with E-state index in [1.165, 1.54) is 6.38 Å². The number of aliphatic hydroxyl groups is 1. The van der Waals surface area contributed by atoms with Crippen LogP contribution in [0.4, 0.5) is 0 Å². The monoisotopic (exact) mass is 594 g/mol. The van der Waals surface area contributed by atoms with Crippen LogP contribution in [0.25, 0.3) is 0 Å². The maximum absolute atomic E-state index is 7.00. The van der Waals surface area contributed by atoms with E-state index in [-0.39, 0.29) is 0 Å². The maximum Gasteiger partial charge on any atom is 0.0351 e. The highest BCUT2D eigenvalue weighted by molar-refractivity contribution is 9.10. The predicted octanol–water partition coefficient (Wildman–Crippen LogP) is 8.69. The largest absolute Gasteiger partial charge is 0.400 e. The summed E-state index contributed by atoms with van der Waals surface area (Å²) in [6.45, 7) is 8.00. The first-order valence-electron chi connectivity index (χ1n) is 8.22. The number of ether oxygens (including phenoxy) is 1. The van der Waals surface area contributed by atoms with Gasteiger partial charge in [0.1, 0.15) is 0 Å². The van der Waals surface area contributed by atoms with E-state index in [0.29, 0.717) is 0 Å². The molecule has 0 atom stereocenters. The van der Waals surface area contributed by atoms with Crippen LogP contribution in [0.3, 0.4) is 0 Å². The third-order valence-corrected chi connectivity index (χ3v) is 2.52. The highest BCUT2D eigenvalue weighted by atomic mass is 79.9. The van der Waals surface area contributed by atoms with Gasteiger partial charge in [0.15, 0.2) is 0 Å². The van der Waals surface area contributed by atoms with Gasteiger partial charge in [-0.3, -0.25) is 0 Å². The fraction of sp³-hybridized carbons (Fsp3) is 0.429. The quantitative estimate of drug-likeness (QED) is 0.308. The molecule has 1 N–H and O–H groups in total. The Kier molecular flexibility index (Phi) is 86.3. The van der Waals surface area contributed by atoms with Crippen LogP contribution >= 0.6 is 59.4 Å². The van der Waals surface area contributed by atoms with Gasteiger partial charge in [-0.1, -0.05) is 112 Å². The summed E-state index contributed by atoms with van der Waals surface area (Å²) in [6, 6.07) is 19.9. The Morgan fingerprint density at radius 3 is 0.852 bits per heavy atom. The molecule has 0 amide bonds. The Morgan fingerprint density at radius 1 is 0.630 bits per heavy atom. The van der Waals surface area contributed by atoms with Crippen LogP contribution in [0.5, 0.6) is 0 Å². The molecule has 0 spiro atoms. The van der Waals surface area contributed by atoms with Gasteiger partial charge in [-0.15, -0.1) is 11.6 Å². The zero-order chi connectivity index (χ0) is 22.9. The van der Waals surface area contributed by atoms with E-state index in [9.17, 15) is 0 Å². The summed E-state index contributed by atoms with van der Waals surface area (Å²) >= 11 is 14.2. The van der Waals surface area contributed by atoms with Crippen LogP contribution in [0.1, 0.15) is 27.7 Å². The Hall–Kier alpha value is 0.0900. The van der Waals surface area contributed by atoms with Gasteiger partial charge in [0.2, 0.25) is 0 Å². The maximum atomic E-state index is 7.00. The molecule has 0 saturated carbocycles. The van der Waals surface area contributed by atoms with E-state index in [4.69, 9.17) is 5.11 Å². The van der Waals surface area contributed by atoms with Crippen molar-refractivity contribution in [2.45, 2.75) is 27.7 Å². The topological polar surface area (TPSA) is 29.5 Å². The first-order chi connectivity index (χ1) is 13.2. The minimum absolute atomic E-state index is 1.00.